The zero-order valence-corrected chi connectivity index (χ0v) is 13.9. The van der Waals surface area contributed by atoms with Crippen molar-refractivity contribution in [2.24, 2.45) is 0 Å². The maximum atomic E-state index is 13.4. The first-order chi connectivity index (χ1) is 12.2. The molecule has 3 aromatic rings. The fourth-order valence-corrected chi connectivity index (χ4v) is 2.54. The van der Waals surface area contributed by atoms with Crippen LogP contribution in [0.4, 0.5) is 8.78 Å². The fourth-order valence-electron chi connectivity index (χ4n) is 2.54. The number of halogens is 2. The first-order valence-electron chi connectivity index (χ1n) is 8.03. The molecule has 3 rings (SSSR count). The molecule has 0 amide bonds. The zero-order valence-electron chi connectivity index (χ0n) is 13.9. The van der Waals surface area contributed by atoms with Gasteiger partial charge in [0.25, 0.3) is 0 Å². The van der Waals surface area contributed by atoms with Gasteiger partial charge < -0.3 is 4.74 Å². The third kappa shape index (κ3) is 4.25. The molecule has 0 aliphatic carbocycles. The van der Waals surface area contributed by atoms with Gasteiger partial charge in [-0.3, -0.25) is 0 Å². The molecule has 0 fully saturated rings. The van der Waals surface area contributed by atoms with E-state index in [0.29, 0.717) is 18.0 Å². The molecule has 0 atom stereocenters. The molecule has 0 radical (unpaired) electrons. The van der Waals surface area contributed by atoms with Gasteiger partial charge in [-0.15, -0.1) is 0 Å². The molecular formula is C20H18F2N2O. The van der Waals surface area contributed by atoms with E-state index in [1.807, 2.05) is 36.7 Å². The second-order valence-electron chi connectivity index (χ2n) is 5.72. The van der Waals surface area contributed by atoms with E-state index in [1.54, 1.807) is 13.2 Å². The molecule has 0 unspecified atom stereocenters. The van der Waals surface area contributed by atoms with Crippen LogP contribution in [0, 0.1) is 11.6 Å². The Bertz CT molecular complexity index is 833. The summed E-state index contributed by atoms with van der Waals surface area (Å²) in [7, 11) is 1.68. The Hall–Kier alpha value is -2.66. The maximum Gasteiger partial charge on any atom is 0.159 e. The number of hydrogen-bond acceptors (Lipinski definition) is 3. The zero-order chi connectivity index (χ0) is 17.6. The first-order valence-corrected chi connectivity index (χ1v) is 8.03. The highest BCUT2D eigenvalue weighted by Crippen LogP contribution is 2.24. The topological polar surface area (TPSA) is 35.0 Å². The molecule has 0 bridgehead atoms. The third-order valence-electron chi connectivity index (χ3n) is 3.92. The number of hydrogen-bond donors (Lipinski definition) is 0. The molecule has 0 aliphatic heterocycles. The molecule has 0 saturated carbocycles. The second-order valence-corrected chi connectivity index (χ2v) is 5.72. The summed E-state index contributed by atoms with van der Waals surface area (Å²) in [6.45, 7) is 0.715. The van der Waals surface area contributed by atoms with E-state index in [1.165, 1.54) is 6.07 Å². The van der Waals surface area contributed by atoms with E-state index in [2.05, 4.69) is 9.97 Å². The summed E-state index contributed by atoms with van der Waals surface area (Å²) in [4.78, 5) is 8.79. The van der Waals surface area contributed by atoms with Crippen molar-refractivity contribution in [1.82, 2.24) is 9.97 Å². The number of ether oxygens (including phenoxy) is 1. The average Bonchev–Trinajstić information content (AvgIpc) is 2.65. The van der Waals surface area contributed by atoms with Crippen molar-refractivity contribution in [3.05, 3.63) is 72.1 Å². The Morgan fingerprint density at radius 3 is 2.12 bits per heavy atom. The minimum atomic E-state index is -0.853. The monoisotopic (exact) mass is 340 g/mol. The summed E-state index contributed by atoms with van der Waals surface area (Å²) in [5, 5.41) is 0. The van der Waals surface area contributed by atoms with Crippen molar-refractivity contribution >= 4 is 0 Å². The van der Waals surface area contributed by atoms with Crippen LogP contribution in [0.5, 0.6) is 0 Å². The summed E-state index contributed by atoms with van der Waals surface area (Å²) in [5.74, 6) is -1.07. The van der Waals surface area contributed by atoms with Crippen molar-refractivity contribution in [2.45, 2.75) is 12.8 Å². The largest absolute Gasteiger partial charge is 0.385 e. The number of aryl methyl sites for hydroxylation is 1. The van der Waals surface area contributed by atoms with Crippen molar-refractivity contribution in [2.75, 3.05) is 13.7 Å². The SMILES string of the molecule is COCCCc1cnc(-c2ccc(-c3ccc(F)c(F)c3)cc2)nc1. The quantitative estimate of drug-likeness (QED) is 0.612. The number of benzene rings is 2. The van der Waals surface area contributed by atoms with Crippen LogP contribution in [-0.4, -0.2) is 23.7 Å². The summed E-state index contributed by atoms with van der Waals surface area (Å²) in [6, 6.07) is 11.3. The first kappa shape index (κ1) is 17.2. The number of nitrogens with zero attached hydrogens (tertiary/aromatic N) is 2. The van der Waals surface area contributed by atoms with Crippen LogP contribution in [0.1, 0.15) is 12.0 Å². The van der Waals surface area contributed by atoms with Crippen LogP contribution in [0.2, 0.25) is 0 Å². The van der Waals surface area contributed by atoms with Gasteiger partial charge in [0.05, 0.1) is 0 Å². The predicted molar refractivity (Wildman–Crippen MR) is 93.0 cm³/mol. The Balaban J connectivity index is 1.74. The van der Waals surface area contributed by atoms with E-state index in [-0.39, 0.29) is 0 Å². The molecule has 2 aromatic carbocycles. The van der Waals surface area contributed by atoms with Gasteiger partial charge in [0.2, 0.25) is 0 Å². The third-order valence-corrected chi connectivity index (χ3v) is 3.92. The van der Waals surface area contributed by atoms with E-state index in [4.69, 9.17) is 4.74 Å². The number of methoxy groups -OCH3 is 1. The Labute approximate surface area is 145 Å². The van der Waals surface area contributed by atoms with Gasteiger partial charge in [-0.1, -0.05) is 30.3 Å². The highest BCUT2D eigenvalue weighted by Gasteiger charge is 2.06. The van der Waals surface area contributed by atoms with Crippen LogP contribution < -0.4 is 0 Å². The van der Waals surface area contributed by atoms with Crippen LogP contribution >= 0.6 is 0 Å². The minimum Gasteiger partial charge on any atom is -0.385 e. The minimum absolute atomic E-state index is 0.625. The van der Waals surface area contributed by atoms with Crippen LogP contribution in [0.25, 0.3) is 22.5 Å². The smallest absolute Gasteiger partial charge is 0.159 e. The molecule has 5 heteroatoms. The van der Waals surface area contributed by atoms with Crippen molar-refractivity contribution < 1.29 is 13.5 Å². The Morgan fingerprint density at radius 2 is 1.48 bits per heavy atom. The summed E-state index contributed by atoms with van der Waals surface area (Å²) < 4.78 is 31.4. The highest BCUT2D eigenvalue weighted by molar-refractivity contribution is 5.67. The lowest BCUT2D eigenvalue weighted by molar-refractivity contribution is 0.195. The summed E-state index contributed by atoms with van der Waals surface area (Å²) in [6.07, 6.45) is 5.45. The molecule has 0 N–H and O–H groups in total. The van der Waals surface area contributed by atoms with Crippen molar-refractivity contribution in [3.63, 3.8) is 0 Å². The van der Waals surface area contributed by atoms with Crippen molar-refractivity contribution in [3.8, 4) is 22.5 Å². The average molecular weight is 340 g/mol. The van der Waals surface area contributed by atoms with Gasteiger partial charge in [-0.05, 0) is 41.7 Å². The van der Waals surface area contributed by atoms with Crippen LogP contribution in [-0.2, 0) is 11.2 Å². The molecule has 3 nitrogen and oxygen atoms in total. The van der Waals surface area contributed by atoms with Gasteiger partial charge in [-0.2, -0.15) is 0 Å². The molecule has 0 saturated heterocycles. The standard InChI is InChI=1S/C20H18F2N2O/c1-25-10-2-3-14-12-23-20(24-13-14)16-6-4-15(5-7-16)17-8-9-18(21)19(22)11-17/h4-9,11-13H,2-3,10H2,1H3. The summed E-state index contributed by atoms with van der Waals surface area (Å²) in [5.41, 5.74) is 3.37. The van der Waals surface area contributed by atoms with Crippen molar-refractivity contribution in [1.29, 1.82) is 0 Å². The molecular weight excluding hydrogens is 322 g/mol. The lowest BCUT2D eigenvalue weighted by Crippen LogP contribution is -1.96. The Kier molecular flexibility index (Phi) is 5.46. The molecule has 25 heavy (non-hydrogen) atoms. The van der Waals surface area contributed by atoms with Gasteiger partial charge in [0, 0.05) is 31.7 Å². The van der Waals surface area contributed by atoms with Gasteiger partial charge in [0.1, 0.15) is 0 Å². The van der Waals surface area contributed by atoms with Gasteiger partial charge >= 0.3 is 0 Å². The molecule has 1 heterocycles. The predicted octanol–water partition coefficient (Wildman–Crippen LogP) is 4.67. The van der Waals surface area contributed by atoms with E-state index in [9.17, 15) is 8.78 Å². The lowest BCUT2D eigenvalue weighted by atomic mass is 10.0. The number of aromatic nitrogens is 2. The van der Waals surface area contributed by atoms with Crippen LogP contribution in [0.15, 0.2) is 54.9 Å². The molecule has 0 aliphatic rings. The second kappa shape index (κ2) is 7.94. The Morgan fingerprint density at radius 1 is 0.840 bits per heavy atom. The highest BCUT2D eigenvalue weighted by atomic mass is 19.2. The normalized spacial score (nSPS) is 10.8. The fraction of sp³-hybridized carbons (Fsp3) is 0.200. The van der Waals surface area contributed by atoms with Gasteiger partial charge in [0.15, 0.2) is 17.5 Å². The van der Waals surface area contributed by atoms with E-state index < -0.39 is 11.6 Å². The van der Waals surface area contributed by atoms with Crippen LogP contribution in [0.3, 0.4) is 0 Å². The molecule has 1 aromatic heterocycles. The van der Waals surface area contributed by atoms with E-state index in [0.717, 1.165) is 35.6 Å². The lowest BCUT2D eigenvalue weighted by Gasteiger charge is -2.06. The maximum absolute atomic E-state index is 13.4. The van der Waals surface area contributed by atoms with E-state index >= 15 is 0 Å². The number of rotatable bonds is 6. The molecule has 128 valence electrons. The summed E-state index contributed by atoms with van der Waals surface area (Å²) >= 11 is 0. The van der Waals surface area contributed by atoms with Gasteiger partial charge in [-0.25, -0.2) is 18.7 Å². The molecule has 0 spiro atoms.